The molecule has 0 aromatic heterocycles. The smallest absolute Gasteiger partial charge is 0.234 e. The topological polar surface area (TPSA) is 61.4 Å². The van der Waals surface area contributed by atoms with Gasteiger partial charge in [-0.15, -0.1) is 0 Å². The lowest BCUT2D eigenvalue weighted by molar-refractivity contribution is -0.120. The van der Waals surface area contributed by atoms with Crippen LogP contribution in [-0.4, -0.2) is 23.6 Å². The third kappa shape index (κ3) is 3.16. The summed E-state index contributed by atoms with van der Waals surface area (Å²) in [5.41, 5.74) is 0.813. The molecule has 4 nitrogen and oxygen atoms in total. The second kappa shape index (κ2) is 5.74. The number of fused-ring (bicyclic) bond motifs is 1. The van der Waals surface area contributed by atoms with Crippen LogP contribution < -0.4 is 10.6 Å². The zero-order valence-corrected chi connectivity index (χ0v) is 12.1. The van der Waals surface area contributed by atoms with Crippen molar-refractivity contribution in [2.24, 2.45) is 0 Å². The monoisotopic (exact) mass is 284 g/mol. The van der Waals surface area contributed by atoms with Gasteiger partial charge in [0.05, 0.1) is 6.54 Å². The fourth-order valence-corrected chi connectivity index (χ4v) is 2.48. The summed E-state index contributed by atoms with van der Waals surface area (Å²) in [4.78, 5) is 11.7. The van der Waals surface area contributed by atoms with Crippen LogP contribution in [0.1, 0.15) is 31.4 Å². The highest BCUT2D eigenvalue weighted by atomic mass is 16.3. The average molecular weight is 284 g/mol. The minimum absolute atomic E-state index is 0.0182. The minimum atomic E-state index is -0.0837. The minimum Gasteiger partial charge on any atom is -0.507 e. The molecule has 1 fully saturated rings. The lowest BCUT2D eigenvalue weighted by Crippen LogP contribution is -2.36. The maximum absolute atomic E-state index is 11.7. The Balaban J connectivity index is 1.70. The van der Waals surface area contributed by atoms with Gasteiger partial charge in [0.25, 0.3) is 0 Å². The third-order valence-corrected chi connectivity index (χ3v) is 3.91. The molecule has 0 heterocycles. The van der Waals surface area contributed by atoms with Crippen LogP contribution >= 0.6 is 0 Å². The van der Waals surface area contributed by atoms with E-state index in [0.29, 0.717) is 6.04 Å². The highest BCUT2D eigenvalue weighted by molar-refractivity contribution is 5.89. The van der Waals surface area contributed by atoms with Crippen molar-refractivity contribution in [1.82, 2.24) is 10.6 Å². The first kappa shape index (κ1) is 13.9. The quantitative estimate of drug-likeness (QED) is 0.790. The van der Waals surface area contributed by atoms with Crippen molar-refractivity contribution in [2.75, 3.05) is 6.54 Å². The lowest BCUT2D eigenvalue weighted by atomic mass is 10.0. The molecule has 3 N–H and O–H groups in total. The van der Waals surface area contributed by atoms with Gasteiger partial charge in [0, 0.05) is 23.0 Å². The van der Waals surface area contributed by atoms with Gasteiger partial charge in [-0.05, 0) is 25.2 Å². The molecule has 110 valence electrons. The Morgan fingerprint density at radius 1 is 1.29 bits per heavy atom. The SMILES string of the molecule is CC(NCC(=O)NC1CC1)c1ccc2ccccc2c1O. The summed E-state index contributed by atoms with van der Waals surface area (Å²) in [6, 6.07) is 11.9. The van der Waals surface area contributed by atoms with E-state index in [2.05, 4.69) is 10.6 Å². The molecule has 0 aliphatic heterocycles. The number of nitrogens with one attached hydrogen (secondary N) is 2. The number of amides is 1. The van der Waals surface area contributed by atoms with Crippen molar-refractivity contribution in [3.63, 3.8) is 0 Å². The number of hydrogen-bond acceptors (Lipinski definition) is 3. The van der Waals surface area contributed by atoms with Crippen molar-refractivity contribution < 1.29 is 9.90 Å². The zero-order chi connectivity index (χ0) is 14.8. The van der Waals surface area contributed by atoms with Crippen LogP contribution in [0.15, 0.2) is 36.4 Å². The van der Waals surface area contributed by atoms with Crippen LogP contribution in [-0.2, 0) is 4.79 Å². The van der Waals surface area contributed by atoms with Gasteiger partial charge in [-0.3, -0.25) is 4.79 Å². The fourth-order valence-electron chi connectivity index (χ4n) is 2.48. The van der Waals surface area contributed by atoms with Crippen LogP contribution in [0.4, 0.5) is 0 Å². The summed E-state index contributed by atoms with van der Waals surface area (Å²) in [6.45, 7) is 2.22. The number of phenols is 1. The van der Waals surface area contributed by atoms with Gasteiger partial charge in [0.2, 0.25) is 5.91 Å². The van der Waals surface area contributed by atoms with Crippen LogP contribution in [0.25, 0.3) is 10.8 Å². The van der Waals surface area contributed by atoms with Gasteiger partial charge >= 0.3 is 0 Å². The maximum atomic E-state index is 11.7. The zero-order valence-electron chi connectivity index (χ0n) is 12.1. The van der Waals surface area contributed by atoms with Crippen molar-refractivity contribution in [2.45, 2.75) is 31.8 Å². The molecule has 1 aliphatic rings. The van der Waals surface area contributed by atoms with E-state index in [0.717, 1.165) is 29.2 Å². The van der Waals surface area contributed by atoms with Crippen molar-refractivity contribution in [3.05, 3.63) is 42.0 Å². The van der Waals surface area contributed by atoms with E-state index in [1.165, 1.54) is 0 Å². The van der Waals surface area contributed by atoms with Crippen LogP contribution in [0, 0.1) is 0 Å². The fraction of sp³-hybridized carbons (Fsp3) is 0.353. The molecular weight excluding hydrogens is 264 g/mol. The van der Waals surface area contributed by atoms with Crippen LogP contribution in [0.2, 0.25) is 0 Å². The normalized spacial score (nSPS) is 15.9. The first-order valence-corrected chi connectivity index (χ1v) is 7.38. The predicted molar refractivity (Wildman–Crippen MR) is 83.2 cm³/mol. The second-order valence-corrected chi connectivity index (χ2v) is 5.67. The highest BCUT2D eigenvalue weighted by Crippen LogP contribution is 2.32. The molecule has 1 amide bonds. The van der Waals surface area contributed by atoms with Crippen molar-refractivity contribution in [3.8, 4) is 5.75 Å². The van der Waals surface area contributed by atoms with Crippen molar-refractivity contribution >= 4 is 16.7 Å². The Bertz CT molecular complexity index is 665. The van der Waals surface area contributed by atoms with Crippen molar-refractivity contribution in [1.29, 1.82) is 0 Å². The van der Waals surface area contributed by atoms with Gasteiger partial charge in [0.15, 0.2) is 0 Å². The Morgan fingerprint density at radius 3 is 2.81 bits per heavy atom. The number of carbonyl (C=O) groups is 1. The molecule has 21 heavy (non-hydrogen) atoms. The first-order valence-electron chi connectivity index (χ1n) is 7.38. The van der Waals surface area contributed by atoms with E-state index in [1.54, 1.807) is 0 Å². The van der Waals surface area contributed by atoms with E-state index >= 15 is 0 Å². The Labute approximate surface area is 124 Å². The van der Waals surface area contributed by atoms with Crippen LogP contribution in [0.3, 0.4) is 0 Å². The molecule has 4 heteroatoms. The van der Waals surface area contributed by atoms with Gasteiger partial charge in [-0.25, -0.2) is 0 Å². The number of phenolic OH excluding ortho intramolecular Hbond substituents is 1. The molecule has 3 rings (SSSR count). The molecule has 0 saturated heterocycles. The summed E-state index contributed by atoms with van der Waals surface area (Å²) < 4.78 is 0. The average Bonchev–Trinajstić information content (AvgIpc) is 3.29. The van der Waals surface area contributed by atoms with E-state index in [-0.39, 0.29) is 24.2 Å². The third-order valence-electron chi connectivity index (χ3n) is 3.91. The highest BCUT2D eigenvalue weighted by Gasteiger charge is 2.23. The molecule has 1 saturated carbocycles. The van der Waals surface area contributed by atoms with Gasteiger partial charge in [0.1, 0.15) is 5.75 Å². The summed E-state index contributed by atoms with van der Waals surface area (Å²) in [5.74, 6) is 0.306. The molecule has 0 spiro atoms. The van der Waals surface area contributed by atoms with E-state index < -0.39 is 0 Å². The summed E-state index contributed by atoms with van der Waals surface area (Å²) in [7, 11) is 0. The Hall–Kier alpha value is -2.07. The summed E-state index contributed by atoms with van der Waals surface area (Å²) >= 11 is 0. The second-order valence-electron chi connectivity index (χ2n) is 5.67. The number of hydrogen-bond donors (Lipinski definition) is 3. The molecule has 2 aromatic rings. The molecule has 1 atom stereocenters. The number of benzene rings is 2. The predicted octanol–water partition coefficient (Wildman–Crippen LogP) is 2.47. The standard InChI is InChI=1S/C17H20N2O2/c1-11(18-10-16(20)19-13-7-8-13)14-9-6-12-4-2-3-5-15(12)17(14)21/h2-6,9,11,13,18,21H,7-8,10H2,1H3,(H,19,20). The lowest BCUT2D eigenvalue weighted by Gasteiger charge is -2.16. The number of aromatic hydroxyl groups is 1. The van der Waals surface area contributed by atoms with Crippen LogP contribution in [0.5, 0.6) is 5.75 Å². The first-order chi connectivity index (χ1) is 10.1. The molecule has 2 aromatic carbocycles. The van der Waals surface area contributed by atoms with Gasteiger partial charge in [-0.1, -0.05) is 36.4 Å². The van der Waals surface area contributed by atoms with E-state index in [1.807, 2.05) is 43.3 Å². The summed E-state index contributed by atoms with van der Waals surface area (Å²) in [6.07, 6.45) is 2.18. The number of carbonyl (C=O) groups excluding carboxylic acids is 1. The molecular formula is C17H20N2O2. The molecule has 1 unspecified atom stereocenters. The number of rotatable bonds is 5. The molecule has 0 radical (unpaired) electrons. The van der Waals surface area contributed by atoms with Gasteiger partial charge < -0.3 is 15.7 Å². The Morgan fingerprint density at radius 2 is 2.05 bits per heavy atom. The molecule has 1 aliphatic carbocycles. The molecule has 0 bridgehead atoms. The van der Waals surface area contributed by atoms with E-state index in [9.17, 15) is 9.90 Å². The largest absolute Gasteiger partial charge is 0.507 e. The summed E-state index contributed by atoms with van der Waals surface area (Å²) in [5, 5.41) is 18.4. The maximum Gasteiger partial charge on any atom is 0.234 e. The van der Waals surface area contributed by atoms with Gasteiger partial charge in [-0.2, -0.15) is 0 Å². The van der Waals surface area contributed by atoms with E-state index in [4.69, 9.17) is 0 Å². The Kier molecular flexibility index (Phi) is 3.80.